The van der Waals surface area contributed by atoms with Gasteiger partial charge in [-0.05, 0) is 45.4 Å². The quantitative estimate of drug-likeness (QED) is 0.767. The Labute approximate surface area is 121 Å². The van der Waals surface area contributed by atoms with E-state index in [0.717, 1.165) is 22.6 Å². The van der Waals surface area contributed by atoms with Gasteiger partial charge in [-0.15, -0.1) is 0 Å². The van der Waals surface area contributed by atoms with Crippen LogP contribution in [0.2, 0.25) is 0 Å². The monoisotopic (exact) mass is 270 g/mol. The molecule has 20 heavy (non-hydrogen) atoms. The number of benzene rings is 2. The first-order valence-corrected chi connectivity index (χ1v) is 7.09. The van der Waals surface area contributed by atoms with Gasteiger partial charge < -0.3 is 9.47 Å². The van der Waals surface area contributed by atoms with Crippen molar-refractivity contribution >= 4 is 0 Å². The molecule has 0 bridgehead atoms. The lowest BCUT2D eigenvalue weighted by molar-refractivity contribution is 0.231. The van der Waals surface area contributed by atoms with Crippen molar-refractivity contribution in [1.82, 2.24) is 0 Å². The third-order valence-electron chi connectivity index (χ3n) is 2.78. The normalized spacial score (nSPS) is 10.9. The van der Waals surface area contributed by atoms with Crippen molar-refractivity contribution in [2.75, 3.05) is 0 Å². The van der Waals surface area contributed by atoms with Crippen molar-refractivity contribution in [3.63, 3.8) is 0 Å². The van der Waals surface area contributed by atoms with E-state index in [2.05, 4.69) is 12.1 Å². The second-order valence-electron chi connectivity index (χ2n) is 5.33. The fourth-order valence-corrected chi connectivity index (χ4v) is 2.10. The van der Waals surface area contributed by atoms with Crippen LogP contribution in [0.15, 0.2) is 48.5 Å². The van der Waals surface area contributed by atoms with E-state index in [1.54, 1.807) is 0 Å². The lowest BCUT2D eigenvalue weighted by Crippen LogP contribution is -2.09. The summed E-state index contributed by atoms with van der Waals surface area (Å²) < 4.78 is 11.9. The van der Waals surface area contributed by atoms with E-state index < -0.39 is 0 Å². The summed E-state index contributed by atoms with van der Waals surface area (Å²) in [7, 11) is 0. The van der Waals surface area contributed by atoms with Crippen LogP contribution in [0.5, 0.6) is 11.5 Å². The molecule has 2 heteroatoms. The number of rotatable bonds is 5. The Morgan fingerprint density at radius 2 is 1.15 bits per heavy atom. The Morgan fingerprint density at radius 3 is 1.60 bits per heavy atom. The van der Waals surface area contributed by atoms with Crippen molar-refractivity contribution in [2.45, 2.75) is 39.9 Å². The zero-order chi connectivity index (χ0) is 14.5. The molecule has 0 atom stereocenters. The van der Waals surface area contributed by atoms with E-state index in [4.69, 9.17) is 9.47 Å². The van der Waals surface area contributed by atoms with Crippen LogP contribution in [0, 0.1) is 0 Å². The predicted molar refractivity (Wildman–Crippen MR) is 83.4 cm³/mol. The summed E-state index contributed by atoms with van der Waals surface area (Å²) in [5.74, 6) is 1.73. The molecule has 0 saturated heterocycles. The van der Waals surface area contributed by atoms with Gasteiger partial charge >= 0.3 is 0 Å². The van der Waals surface area contributed by atoms with Crippen LogP contribution in [0.3, 0.4) is 0 Å². The molecule has 0 saturated carbocycles. The topological polar surface area (TPSA) is 18.5 Å². The summed E-state index contributed by atoms with van der Waals surface area (Å²) in [6.07, 6.45) is 0.263. The highest BCUT2D eigenvalue weighted by Crippen LogP contribution is 2.39. The van der Waals surface area contributed by atoms with Crippen LogP contribution in [0.1, 0.15) is 27.7 Å². The Bertz CT molecular complexity index is 516. The summed E-state index contributed by atoms with van der Waals surface area (Å²) in [4.78, 5) is 0. The fraction of sp³-hybridized carbons (Fsp3) is 0.333. The van der Waals surface area contributed by atoms with Crippen molar-refractivity contribution in [3.8, 4) is 22.6 Å². The summed E-state index contributed by atoms with van der Waals surface area (Å²) >= 11 is 0. The van der Waals surface area contributed by atoms with Crippen LogP contribution < -0.4 is 9.47 Å². The standard InChI is InChI=1S/C18H22O2/c1-13(2)19-16-11-8-12-17(20-14(3)4)18(16)15-9-6-5-7-10-15/h5-14H,1-4H3. The molecule has 0 fully saturated rings. The summed E-state index contributed by atoms with van der Waals surface area (Å²) in [5.41, 5.74) is 2.13. The van der Waals surface area contributed by atoms with Gasteiger partial charge in [-0.1, -0.05) is 36.4 Å². The number of hydrogen-bond donors (Lipinski definition) is 0. The van der Waals surface area contributed by atoms with Crippen molar-refractivity contribution in [1.29, 1.82) is 0 Å². The number of ether oxygens (including phenoxy) is 2. The SMILES string of the molecule is CC(C)Oc1cccc(OC(C)C)c1-c1ccccc1. The van der Waals surface area contributed by atoms with E-state index in [0.29, 0.717) is 0 Å². The van der Waals surface area contributed by atoms with Gasteiger partial charge in [0, 0.05) is 0 Å². The van der Waals surface area contributed by atoms with E-state index in [9.17, 15) is 0 Å². The maximum absolute atomic E-state index is 5.94. The Kier molecular flexibility index (Phi) is 4.67. The maximum Gasteiger partial charge on any atom is 0.131 e. The van der Waals surface area contributed by atoms with Gasteiger partial charge in [0.05, 0.1) is 17.8 Å². The third kappa shape index (κ3) is 3.53. The zero-order valence-electron chi connectivity index (χ0n) is 12.6. The summed E-state index contributed by atoms with van der Waals surface area (Å²) in [6, 6.07) is 16.2. The molecule has 0 radical (unpaired) electrons. The minimum absolute atomic E-state index is 0.131. The second kappa shape index (κ2) is 6.47. The van der Waals surface area contributed by atoms with Crippen LogP contribution in [0.4, 0.5) is 0 Å². The fourth-order valence-electron chi connectivity index (χ4n) is 2.10. The summed E-state index contributed by atoms with van der Waals surface area (Å²) in [6.45, 7) is 8.13. The van der Waals surface area contributed by atoms with Crippen molar-refractivity contribution in [3.05, 3.63) is 48.5 Å². The van der Waals surface area contributed by atoms with Gasteiger partial charge in [0.15, 0.2) is 0 Å². The molecule has 2 rings (SSSR count). The van der Waals surface area contributed by atoms with Gasteiger partial charge in [-0.3, -0.25) is 0 Å². The molecule has 0 aromatic heterocycles. The lowest BCUT2D eigenvalue weighted by Gasteiger charge is -2.19. The molecular weight excluding hydrogens is 248 g/mol. The largest absolute Gasteiger partial charge is 0.490 e. The molecule has 0 aliphatic carbocycles. The molecule has 0 aliphatic rings. The number of hydrogen-bond acceptors (Lipinski definition) is 2. The van der Waals surface area contributed by atoms with E-state index in [-0.39, 0.29) is 12.2 Å². The Morgan fingerprint density at radius 1 is 0.650 bits per heavy atom. The van der Waals surface area contributed by atoms with E-state index in [1.165, 1.54) is 0 Å². The first-order valence-electron chi connectivity index (χ1n) is 7.09. The van der Waals surface area contributed by atoms with Gasteiger partial charge in [-0.2, -0.15) is 0 Å². The minimum atomic E-state index is 0.131. The van der Waals surface area contributed by atoms with Crippen LogP contribution >= 0.6 is 0 Å². The highest BCUT2D eigenvalue weighted by atomic mass is 16.5. The molecule has 2 aromatic rings. The first-order chi connectivity index (χ1) is 9.58. The second-order valence-corrected chi connectivity index (χ2v) is 5.33. The van der Waals surface area contributed by atoms with Gasteiger partial charge in [-0.25, -0.2) is 0 Å². The van der Waals surface area contributed by atoms with Gasteiger partial charge in [0.2, 0.25) is 0 Å². The lowest BCUT2D eigenvalue weighted by atomic mass is 10.0. The molecule has 0 N–H and O–H groups in total. The third-order valence-corrected chi connectivity index (χ3v) is 2.78. The molecule has 0 heterocycles. The average molecular weight is 270 g/mol. The minimum Gasteiger partial charge on any atom is -0.490 e. The molecule has 2 nitrogen and oxygen atoms in total. The molecule has 0 spiro atoms. The summed E-state index contributed by atoms with van der Waals surface area (Å²) in [5, 5.41) is 0. The highest BCUT2D eigenvalue weighted by molar-refractivity contribution is 5.76. The van der Waals surface area contributed by atoms with Gasteiger partial charge in [0.25, 0.3) is 0 Å². The molecule has 106 valence electrons. The smallest absolute Gasteiger partial charge is 0.131 e. The Hall–Kier alpha value is -1.96. The van der Waals surface area contributed by atoms with Crippen molar-refractivity contribution in [2.24, 2.45) is 0 Å². The molecule has 2 aromatic carbocycles. The van der Waals surface area contributed by atoms with Crippen LogP contribution in [-0.2, 0) is 0 Å². The average Bonchev–Trinajstić information content (AvgIpc) is 2.38. The zero-order valence-corrected chi connectivity index (χ0v) is 12.6. The maximum atomic E-state index is 5.94. The van der Waals surface area contributed by atoms with Crippen LogP contribution in [0.25, 0.3) is 11.1 Å². The van der Waals surface area contributed by atoms with Crippen molar-refractivity contribution < 1.29 is 9.47 Å². The highest BCUT2D eigenvalue weighted by Gasteiger charge is 2.14. The molecular formula is C18H22O2. The molecule has 0 unspecified atom stereocenters. The molecule has 0 aliphatic heterocycles. The van der Waals surface area contributed by atoms with Gasteiger partial charge in [0.1, 0.15) is 11.5 Å². The van der Waals surface area contributed by atoms with E-state index in [1.807, 2.05) is 64.1 Å². The van der Waals surface area contributed by atoms with E-state index >= 15 is 0 Å². The molecule has 0 amide bonds. The van der Waals surface area contributed by atoms with Crippen LogP contribution in [-0.4, -0.2) is 12.2 Å². The predicted octanol–water partition coefficient (Wildman–Crippen LogP) is 4.93. The first kappa shape index (κ1) is 14.4. The Balaban J connectivity index is 2.53.